The summed E-state index contributed by atoms with van der Waals surface area (Å²) in [5.41, 5.74) is 0.356. The molecule has 2 aliphatic rings. The van der Waals surface area contributed by atoms with E-state index in [-0.39, 0.29) is 6.10 Å². The van der Waals surface area contributed by atoms with Crippen molar-refractivity contribution in [1.29, 1.82) is 0 Å². The molecule has 2 fully saturated rings. The Hall–Kier alpha value is -0.120. The third-order valence-electron chi connectivity index (χ3n) is 5.22. The first kappa shape index (κ1) is 15.3. The van der Waals surface area contributed by atoms with E-state index in [0.717, 1.165) is 31.8 Å². The lowest BCUT2D eigenvalue weighted by Gasteiger charge is -2.46. The Balaban J connectivity index is 2.00. The molecule has 0 amide bonds. The van der Waals surface area contributed by atoms with Gasteiger partial charge in [0.25, 0.3) is 0 Å². The maximum atomic E-state index is 10.4. The van der Waals surface area contributed by atoms with Crippen molar-refractivity contribution < 1.29 is 9.84 Å². The number of methoxy groups -OCH3 is 1. The molecule has 112 valence electrons. The van der Waals surface area contributed by atoms with Gasteiger partial charge in [-0.15, -0.1) is 0 Å². The molecule has 1 saturated heterocycles. The van der Waals surface area contributed by atoms with Crippen LogP contribution < -0.4 is 0 Å². The van der Waals surface area contributed by atoms with E-state index in [0.29, 0.717) is 17.6 Å². The van der Waals surface area contributed by atoms with Crippen molar-refractivity contribution in [2.75, 3.05) is 20.2 Å². The van der Waals surface area contributed by atoms with E-state index in [1.807, 2.05) is 7.11 Å². The molecule has 0 bridgehead atoms. The topological polar surface area (TPSA) is 32.7 Å². The Labute approximate surface area is 118 Å². The van der Waals surface area contributed by atoms with Crippen molar-refractivity contribution in [2.24, 2.45) is 11.3 Å². The largest absolute Gasteiger partial charge is 0.391 e. The summed E-state index contributed by atoms with van der Waals surface area (Å²) in [6.07, 6.45) is 5.84. The highest BCUT2D eigenvalue weighted by atomic mass is 16.5. The lowest BCUT2D eigenvalue weighted by molar-refractivity contribution is -0.0528. The number of likely N-dealkylation sites (tertiary alicyclic amines) is 1. The maximum Gasteiger partial charge on any atom is 0.0698 e. The van der Waals surface area contributed by atoms with Crippen molar-refractivity contribution >= 4 is 0 Å². The van der Waals surface area contributed by atoms with Crippen LogP contribution in [0.2, 0.25) is 0 Å². The number of rotatable bonds is 2. The van der Waals surface area contributed by atoms with E-state index in [2.05, 4.69) is 25.7 Å². The van der Waals surface area contributed by atoms with Gasteiger partial charge in [-0.1, -0.05) is 20.8 Å². The summed E-state index contributed by atoms with van der Waals surface area (Å²) in [5.74, 6) is 0.726. The molecule has 4 unspecified atom stereocenters. The molecule has 2 rings (SSSR count). The van der Waals surface area contributed by atoms with Crippen LogP contribution in [0.3, 0.4) is 0 Å². The molecule has 0 aromatic rings. The standard InChI is InChI=1S/C16H31NO2/c1-16(2,3)12-7-8-15(18)14(10-12)17-9-5-6-13(11-17)19-4/h12-15,18H,5-11H2,1-4H3. The summed E-state index contributed by atoms with van der Waals surface area (Å²) in [4.78, 5) is 2.49. The molecule has 0 spiro atoms. The number of ether oxygens (including phenoxy) is 1. The summed E-state index contributed by atoms with van der Waals surface area (Å²) in [6.45, 7) is 9.12. The van der Waals surface area contributed by atoms with Crippen LogP contribution in [0.1, 0.15) is 52.9 Å². The zero-order chi connectivity index (χ0) is 14.0. The molecule has 1 aliphatic heterocycles. The number of aliphatic hydroxyl groups is 1. The van der Waals surface area contributed by atoms with Crippen molar-refractivity contribution in [2.45, 2.75) is 71.1 Å². The zero-order valence-corrected chi connectivity index (χ0v) is 13.1. The van der Waals surface area contributed by atoms with E-state index in [9.17, 15) is 5.11 Å². The van der Waals surface area contributed by atoms with Crippen LogP contribution in [0.5, 0.6) is 0 Å². The van der Waals surface area contributed by atoms with E-state index >= 15 is 0 Å². The van der Waals surface area contributed by atoms with Gasteiger partial charge < -0.3 is 9.84 Å². The molecule has 19 heavy (non-hydrogen) atoms. The van der Waals surface area contributed by atoms with E-state index < -0.39 is 0 Å². The van der Waals surface area contributed by atoms with Crippen molar-refractivity contribution in [3.05, 3.63) is 0 Å². The van der Waals surface area contributed by atoms with Gasteiger partial charge in [0.1, 0.15) is 0 Å². The van der Waals surface area contributed by atoms with Gasteiger partial charge in [0, 0.05) is 19.7 Å². The van der Waals surface area contributed by atoms with Crippen molar-refractivity contribution in [3.63, 3.8) is 0 Å². The fourth-order valence-corrected chi connectivity index (χ4v) is 3.77. The van der Waals surface area contributed by atoms with Gasteiger partial charge in [-0.3, -0.25) is 4.90 Å². The molecule has 0 aromatic carbocycles. The van der Waals surface area contributed by atoms with Gasteiger partial charge in [0.2, 0.25) is 0 Å². The Morgan fingerprint density at radius 3 is 2.53 bits per heavy atom. The van der Waals surface area contributed by atoms with Gasteiger partial charge in [0.15, 0.2) is 0 Å². The smallest absolute Gasteiger partial charge is 0.0698 e. The fourth-order valence-electron chi connectivity index (χ4n) is 3.77. The molecule has 1 heterocycles. The summed E-state index contributed by atoms with van der Waals surface area (Å²) < 4.78 is 5.52. The Bertz CT molecular complexity index is 287. The number of hydrogen-bond acceptors (Lipinski definition) is 3. The summed E-state index contributed by atoms with van der Waals surface area (Å²) >= 11 is 0. The van der Waals surface area contributed by atoms with E-state index in [1.165, 1.54) is 19.3 Å². The highest BCUT2D eigenvalue weighted by Gasteiger charge is 2.39. The maximum absolute atomic E-state index is 10.4. The first-order valence-corrected chi connectivity index (χ1v) is 7.86. The van der Waals surface area contributed by atoms with E-state index in [1.54, 1.807) is 0 Å². The number of piperidine rings is 1. The van der Waals surface area contributed by atoms with Crippen molar-refractivity contribution in [1.82, 2.24) is 4.90 Å². The Morgan fingerprint density at radius 2 is 1.89 bits per heavy atom. The summed E-state index contributed by atoms with van der Waals surface area (Å²) in [5, 5.41) is 10.4. The number of nitrogens with zero attached hydrogens (tertiary/aromatic N) is 1. The highest BCUT2D eigenvalue weighted by Crippen LogP contribution is 2.40. The molecule has 0 radical (unpaired) electrons. The SMILES string of the molecule is COC1CCCN(C2CC(C(C)(C)C)CCC2O)C1. The Kier molecular flexibility index (Phi) is 4.91. The second-order valence-corrected chi connectivity index (χ2v) is 7.51. The number of aliphatic hydroxyl groups excluding tert-OH is 1. The van der Waals surface area contributed by atoms with Gasteiger partial charge in [-0.25, -0.2) is 0 Å². The molecular weight excluding hydrogens is 238 g/mol. The minimum absolute atomic E-state index is 0.144. The Morgan fingerprint density at radius 1 is 1.16 bits per heavy atom. The minimum Gasteiger partial charge on any atom is -0.391 e. The number of hydrogen-bond donors (Lipinski definition) is 1. The van der Waals surface area contributed by atoms with Crippen LogP contribution in [0.25, 0.3) is 0 Å². The molecule has 3 nitrogen and oxygen atoms in total. The molecule has 1 N–H and O–H groups in total. The van der Waals surface area contributed by atoms with Crippen LogP contribution in [-0.4, -0.2) is 48.5 Å². The first-order chi connectivity index (χ1) is 8.91. The van der Waals surface area contributed by atoms with Gasteiger partial charge in [-0.05, 0) is 50.0 Å². The van der Waals surface area contributed by atoms with Crippen LogP contribution in [0.4, 0.5) is 0 Å². The first-order valence-electron chi connectivity index (χ1n) is 7.86. The average Bonchev–Trinajstić information content (AvgIpc) is 2.38. The molecule has 3 heteroatoms. The summed E-state index contributed by atoms with van der Waals surface area (Å²) in [7, 11) is 1.81. The quantitative estimate of drug-likeness (QED) is 0.836. The van der Waals surface area contributed by atoms with Crippen LogP contribution in [0, 0.1) is 11.3 Å². The van der Waals surface area contributed by atoms with Gasteiger partial charge >= 0.3 is 0 Å². The third-order valence-corrected chi connectivity index (χ3v) is 5.22. The minimum atomic E-state index is -0.144. The average molecular weight is 269 g/mol. The zero-order valence-electron chi connectivity index (χ0n) is 13.1. The third kappa shape index (κ3) is 3.71. The second kappa shape index (κ2) is 6.11. The predicted molar refractivity (Wildman–Crippen MR) is 78.2 cm³/mol. The molecule has 1 aliphatic carbocycles. The van der Waals surface area contributed by atoms with Gasteiger partial charge in [0.05, 0.1) is 12.2 Å². The van der Waals surface area contributed by atoms with Crippen LogP contribution in [-0.2, 0) is 4.74 Å². The molecular formula is C16H31NO2. The monoisotopic (exact) mass is 269 g/mol. The van der Waals surface area contributed by atoms with Crippen LogP contribution >= 0.6 is 0 Å². The van der Waals surface area contributed by atoms with Gasteiger partial charge in [-0.2, -0.15) is 0 Å². The highest BCUT2D eigenvalue weighted by molar-refractivity contribution is 4.92. The predicted octanol–water partition coefficient (Wildman–Crippen LogP) is 2.67. The van der Waals surface area contributed by atoms with Crippen molar-refractivity contribution in [3.8, 4) is 0 Å². The lowest BCUT2D eigenvalue weighted by Crippen LogP contribution is -2.53. The molecule has 0 aromatic heterocycles. The summed E-state index contributed by atoms with van der Waals surface area (Å²) in [6, 6.07) is 0.343. The van der Waals surface area contributed by atoms with E-state index in [4.69, 9.17) is 4.74 Å². The second-order valence-electron chi connectivity index (χ2n) is 7.51. The molecule has 1 saturated carbocycles. The fraction of sp³-hybridized carbons (Fsp3) is 1.00. The molecule has 4 atom stereocenters. The van der Waals surface area contributed by atoms with Crippen LogP contribution in [0.15, 0.2) is 0 Å². The normalized spacial score (nSPS) is 38.4. The lowest BCUT2D eigenvalue weighted by atomic mass is 9.69.